The van der Waals surface area contributed by atoms with Gasteiger partial charge in [0.1, 0.15) is 0 Å². The molecule has 0 radical (unpaired) electrons. The van der Waals surface area contributed by atoms with Crippen LogP contribution in [0, 0.1) is 23.0 Å². The van der Waals surface area contributed by atoms with Crippen molar-refractivity contribution >= 4 is 5.97 Å². The summed E-state index contributed by atoms with van der Waals surface area (Å²) < 4.78 is 35.2. The highest BCUT2D eigenvalue weighted by Gasteiger charge is 2.49. The van der Waals surface area contributed by atoms with Crippen molar-refractivity contribution in [3.8, 4) is 5.75 Å². The molecule has 3 rings (SSSR count). The lowest BCUT2D eigenvalue weighted by molar-refractivity contribution is -0.152. The van der Waals surface area contributed by atoms with Gasteiger partial charge in [-0.05, 0) is 69.4 Å². The Morgan fingerprint density at radius 3 is 2.28 bits per heavy atom. The second kappa shape index (κ2) is 9.01. The molecule has 0 aromatic heterocycles. The highest BCUT2D eigenvalue weighted by molar-refractivity contribution is 5.74. The molecule has 2 aliphatic carbocycles. The van der Waals surface area contributed by atoms with Gasteiger partial charge in [-0.3, -0.25) is 4.79 Å². The van der Waals surface area contributed by atoms with Crippen molar-refractivity contribution in [3.05, 3.63) is 29.3 Å². The van der Waals surface area contributed by atoms with Crippen LogP contribution in [0.25, 0.3) is 0 Å². The molecule has 3 nitrogen and oxygen atoms in total. The van der Waals surface area contributed by atoms with Gasteiger partial charge < -0.3 is 9.84 Å². The van der Waals surface area contributed by atoms with Crippen LogP contribution in [0.2, 0.25) is 0 Å². The Kier molecular flexibility index (Phi) is 6.85. The third-order valence-corrected chi connectivity index (χ3v) is 7.54. The lowest BCUT2D eigenvalue weighted by atomic mass is 9.55. The molecule has 0 saturated heterocycles. The van der Waals surface area contributed by atoms with E-state index < -0.39 is 28.4 Å². The summed E-state index contributed by atoms with van der Waals surface area (Å²) in [5.41, 5.74) is -0.574. The summed E-state index contributed by atoms with van der Waals surface area (Å²) in [7, 11) is 0. The number of hydrogen-bond donors (Lipinski definition) is 1. The van der Waals surface area contributed by atoms with Crippen molar-refractivity contribution < 1.29 is 23.4 Å². The van der Waals surface area contributed by atoms with Crippen molar-refractivity contribution in [3.63, 3.8) is 0 Å². The molecule has 0 atom stereocenters. The van der Waals surface area contributed by atoms with Gasteiger partial charge in [0.25, 0.3) is 0 Å². The number of carboxylic acids is 1. The smallest absolute Gasteiger partial charge is 0.309 e. The van der Waals surface area contributed by atoms with Crippen LogP contribution in [0.5, 0.6) is 5.75 Å². The topological polar surface area (TPSA) is 46.5 Å². The Bertz CT molecular complexity index is 717. The maximum absolute atomic E-state index is 15.2. The molecular weight excluding hydrogens is 374 g/mol. The number of hydrogen-bond acceptors (Lipinski definition) is 2. The monoisotopic (exact) mass is 408 g/mol. The van der Waals surface area contributed by atoms with Gasteiger partial charge in [0.15, 0.2) is 11.6 Å². The quantitative estimate of drug-likeness (QED) is 0.551. The fraction of sp³-hybridized carbons (Fsp3) is 0.708. The minimum absolute atomic E-state index is 0.0313. The molecule has 162 valence electrons. The zero-order chi connectivity index (χ0) is 21.1. The van der Waals surface area contributed by atoms with Crippen LogP contribution >= 0.6 is 0 Å². The maximum atomic E-state index is 15.2. The standard InChI is InChI=1S/C24H34F2O3/c1-3-12-23(22(27)28)15-10-17(11-16-23)24(13-6-5-7-14-24)18-8-9-19(29-4-2)21(26)20(18)25/h8-9,17H,3-7,10-16H2,1-2H3,(H,27,28). The molecule has 0 bridgehead atoms. The Morgan fingerprint density at radius 2 is 1.72 bits per heavy atom. The summed E-state index contributed by atoms with van der Waals surface area (Å²) in [5.74, 6) is -2.21. The molecule has 0 unspecified atom stereocenters. The molecule has 29 heavy (non-hydrogen) atoms. The third-order valence-electron chi connectivity index (χ3n) is 7.54. The summed E-state index contributed by atoms with van der Waals surface area (Å²) in [6.45, 7) is 4.07. The Balaban J connectivity index is 1.93. The lowest BCUT2D eigenvalue weighted by Crippen LogP contribution is -2.44. The first-order chi connectivity index (χ1) is 13.9. The van der Waals surface area contributed by atoms with E-state index in [4.69, 9.17) is 4.74 Å². The number of aliphatic carboxylic acids is 1. The lowest BCUT2D eigenvalue weighted by Gasteiger charge is -2.49. The van der Waals surface area contributed by atoms with Gasteiger partial charge in [0.05, 0.1) is 12.0 Å². The van der Waals surface area contributed by atoms with E-state index in [1.807, 2.05) is 6.92 Å². The zero-order valence-corrected chi connectivity index (χ0v) is 17.7. The minimum atomic E-state index is -0.893. The first-order valence-corrected chi connectivity index (χ1v) is 11.2. The van der Waals surface area contributed by atoms with Crippen LogP contribution < -0.4 is 4.74 Å². The summed E-state index contributed by atoms with van der Waals surface area (Å²) in [5, 5.41) is 9.84. The Labute approximate surface area is 172 Å². The van der Waals surface area contributed by atoms with Gasteiger partial charge in [-0.1, -0.05) is 38.7 Å². The summed E-state index contributed by atoms with van der Waals surface area (Å²) in [6.07, 6.45) is 9.13. The van der Waals surface area contributed by atoms with Gasteiger partial charge in [-0.2, -0.15) is 4.39 Å². The molecule has 0 spiro atoms. The first-order valence-electron chi connectivity index (χ1n) is 11.2. The molecule has 0 heterocycles. The summed E-state index contributed by atoms with van der Waals surface area (Å²) in [6, 6.07) is 3.29. The number of carboxylic acid groups (broad SMARTS) is 1. The number of carbonyl (C=O) groups is 1. The van der Waals surface area contributed by atoms with E-state index in [9.17, 15) is 14.3 Å². The molecule has 1 aromatic rings. The van der Waals surface area contributed by atoms with Crippen molar-refractivity contribution in [2.24, 2.45) is 11.3 Å². The van der Waals surface area contributed by atoms with Crippen molar-refractivity contribution in [2.75, 3.05) is 6.61 Å². The average molecular weight is 409 g/mol. The van der Waals surface area contributed by atoms with Crippen LogP contribution in [-0.2, 0) is 10.2 Å². The maximum Gasteiger partial charge on any atom is 0.309 e. The molecule has 2 fully saturated rings. The second-order valence-corrected chi connectivity index (χ2v) is 9.00. The molecule has 0 amide bonds. The van der Waals surface area contributed by atoms with E-state index in [0.29, 0.717) is 24.8 Å². The number of halogens is 2. The molecule has 1 N–H and O–H groups in total. The SMILES string of the molecule is CCCC1(C(=O)O)CCC(C2(c3ccc(OCC)c(F)c3F)CCCCC2)CC1. The van der Waals surface area contributed by atoms with Crippen LogP contribution in [-0.4, -0.2) is 17.7 Å². The summed E-state index contributed by atoms with van der Waals surface area (Å²) in [4.78, 5) is 12.0. The van der Waals surface area contributed by atoms with Crippen LogP contribution in [0.4, 0.5) is 8.78 Å². The van der Waals surface area contributed by atoms with Crippen LogP contribution in [0.3, 0.4) is 0 Å². The van der Waals surface area contributed by atoms with E-state index >= 15 is 4.39 Å². The number of rotatable bonds is 7. The normalized spacial score (nSPS) is 26.8. The molecule has 0 aliphatic heterocycles. The van der Waals surface area contributed by atoms with Crippen molar-refractivity contribution in [2.45, 2.75) is 89.9 Å². The highest BCUT2D eigenvalue weighted by atomic mass is 19.2. The molecule has 2 saturated carbocycles. The first kappa shape index (κ1) is 22.0. The van der Waals surface area contributed by atoms with E-state index in [-0.39, 0.29) is 18.3 Å². The van der Waals surface area contributed by atoms with Crippen molar-refractivity contribution in [1.82, 2.24) is 0 Å². The minimum Gasteiger partial charge on any atom is -0.491 e. The van der Waals surface area contributed by atoms with E-state index in [0.717, 1.165) is 51.4 Å². The van der Waals surface area contributed by atoms with Gasteiger partial charge in [-0.15, -0.1) is 0 Å². The largest absolute Gasteiger partial charge is 0.491 e. The Morgan fingerprint density at radius 1 is 1.07 bits per heavy atom. The van der Waals surface area contributed by atoms with Crippen LogP contribution in [0.1, 0.15) is 90.0 Å². The van der Waals surface area contributed by atoms with Crippen molar-refractivity contribution in [1.29, 1.82) is 0 Å². The second-order valence-electron chi connectivity index (χ2n) is 9.00. The highest BCUT2D eigenvalue weighted by Crippen LogP contribution is 2.54. The molecule has 5 heteroatoms. The molecule has 2 aliphatic rings. The predicted octanol–water partition coefficient (Wildman–Crippen LogP) is 6.63. The third kappa shape index (κ3) is 4.02. The van der Waals surface area contributed by atoms with Gasteiger partial charge >= 0.3 is 5.97 Å². The van der Waals surface area contributed by atoms with E-state index in [1.165, 1.54) is 0 Å². The molecule has 1 aromatic carbocycles. The summed E-state index contributed by atoms with van der Waals surface area (Å²) >= 11 is 0. The zero-order valence-electron chi connectivity index (χ0n) is 17.7. The van der Waals surface area contributed by atoms with Gasteiger partial charge in [0, 0.05) is 5.41 Å². The van der Waals surface area contributed by atoms with Crippen LogP contribution in [0.15, 0.2) is 12.1 Å². The number of benzene rings is 1. The fourth-order valence-electron chi connectivity index (χ4n) is 6.04. The predicted molar refractivity (Wildman–Crippen MR) is 109 cm³/mol. The fourth-order valence-corrected chi connectivity index (χ4v) is 6.04. The van der Waals surface area contributed by atoms with E-state index in [2.05, 4.69) is 0 Å². The molecular formula is C24H34F2O3. The average Bonchev–Trinajstić information content (AvgIpc) is 2.73. The van der Waals surface area contributed by atoms with E-state index in [1.54, 1.807) is 19.1 Å². The van der Waals surface area contributed by atoms with Gasteiger partial charge in [-0.25, -0.2) is 4.39 Å². The van der Waals surface area contributed by atoms with Gasteiger partial charge in [0.2, 0.25) is 5.82 Å². The number of ether oxygens (including phenoxy) is 1. The Hall–Kier alpha value is -1.65.